The molecule has 0 spiro atoms. The minimum atomic E-state index is -0.530. The Balaban J connectivity index is 4.54. The van der Waals surface area contributed by atoms with Crippen molar-refractivity contribution in [1.82, 2.24) is 4.90 Å². The van der Waals surface area contributed by atoms with Gasteiger partial charge < -0.3 is 15.1 Å². The molecule has 0 unspecified atom stereocenters. The van der Waals surface area contributed by atoms with Gasteiger partial charge in [0, 0.05) is 19.0 Å². The molecular formula is C22H13NO3. The van der Waals surface area contributed by atoms with E-state index < -0.39 is 5.91 Å². The van der Waals surface area contributed by atoms with Crippen LogP contribution in [0.25, 0.3) is 0 Å². The van der Waals surface area contributed by atoms with E-state index in [2.05, 4.69) is 94.7 Å². The third-order valence-corrected chi connectivity index (χ3v) is 2.13. The number of hydrogen-bond acceptors (Lipinski definition) is 3. The molecule has 1 amide bonds. The van der Waals surface area contributed by atoms with Crippen LogP contribution in [0.3, 0.4) is 0 Å². The van der Waals surface area contributed by atoms with Crippen LogP contribution in [-0.2, 0) is 4.79 Å². The van der Waals surface area contributed by atoms with Crippen LogP contribution in [0.5, 0.6) is 0 Å². The number of carbonyl (C=O) groups excluding carboxylic acids is 1. The van der Waals surface area contributed by atoms with Gasteiger partial charge in [0.15, 0.2) is 0 Å². The summed E-state index contributed by atoms with van der Waals surface area (Å²) in [6.07, 6.45) is 0. The Kier molecular flexibility index (Phi) is 14.5. The van der Waals surface area contributed by atoms with E-state index in [9.17, 15) is 4.79 Å². The Bertz CT molecular complexity index is 985. The molecule has 0 aromatic heterocycles. The molecule has 0 aromatic carbocycles. The van der Waals surface area contributed by atoms with Crippen molar-refractivity contribution in [2.24, 2.45) is 0 Å². The highest BCUT2D eigenvalue weighted by Crippen LogP contribution is 1.87. The maximum absolute atomic E-state index is 11.6. The summed E-state index contributed by atoms with van der Waals surface area (Å²) in [4.78, 5) is 12.8. The van der Waals surface area contributed by atoms with Gasteiger partial charge in [-0.05, 0) is 89.8 Å². The van der Waals surface area contributed by atoms with Crippen LogP contribution in [0.1, 0.15) is 6.92 Å². The first-order valence-corrected chi connectivity index (χ1v) is 7.19. The molecule has 0 atom stereocenters. The Hall–Kier alpha value is -4.13. The van der Waals surface area contributed by atoms with Crippen molar-refractivity contribution in [3.63, 3.8) is 0 Å². The lowest BCUT2D eigenvalue weighted by atomic mass is 10.4. The maximum atomic E-state index is 11.6. The largest absolute Gasteiger partial charge is 0.395 e. The monoisotopic (exact) mass is 339 g/mol. The normalized spacial score (nSPS) is 6.12. The summed E-state index contributed by atoms with van der Waals surface area (Å²) in [5.74, 6) is 38.8. The van der Waals surface area contributed by atoms with Crippen molar-refractivity contribution in [2.75, 3.05) is 26.3 Å². The number of rotatable bonds is 4. The van der Waals surface area contributed by atoms with Crippen molar-refractivity contribution >= 4 is 5.91 Å². The van der Waals surface area contributed by atoms with Crippen LogP contribution in [-0.4, -0.2) is 47.3 Å². The van der Waals surface area contributed by atoms with Crippen molar-refractivity contribution in [3.8, 4) is 94.7 Å². The third kappa shape index (κ3) is 13.5. The van der Waals surface area contributed by atoms with Gasteiger partial charge in [-0.15, -0.1) is 0 Å². The molecule has 4 heteroatoms. The number of aliphatic hydroxyl groups is 2. The number of carbonyl (C=O) groups is 1. The smallest absolute Gasteiger partial charge is 0.299 e. The standard InChI is InChI=1S/C22H13NO3/c1-2-3-4-5-6-7-8-9-10-11-12-13-14-15-16-17-22(26)23(18-20-24)19-21-25/h24-25H,18-21H2,1H3. The average Bonchev–Trinajstić information content (AvgIpc) is 2.64. The number of hydrogen-bond donors (Lipinski definition) is 2. The Morgan fingerprint density at radius 1 is 0.654 bits per heavy atom. The Labute approximate surface area is 154 Å². The summed E-state index contributed by atoms with van der Waals surface area (Å²) < 4.78 is 0. The van der Waals surface area contributed by atoms with Gasteiger partial charge in [-0.2, -0.15) is 0 Å². The van der Waals surface area contributed by atoms with E-state index in [4.69, 9.17) is 10.2 Å². The molecule has 0 fully saturated rings. The second kappa shape index (κ2) is 17.2. The van der Waals surface area contributed by atoms with Crippen LogP contribution >= 0.6 is 0 Å². The number of nitrogens with zero attached hydrogens (tertiary/aromatic N) is 1. The Morgan fingerprint density at radius 2 is 1.00 bits per heavy atom. The minimum Gasteiger partial charge on any atom is -0.395 e. The zero-order chi connectivity index (χ0) is 19.3. The lowest BCUT2D eigenvalue weighted by Crippen LogP contribution is -2.34. The van der Waals surface area contributed by atoms with E-state index in [0.29, 0.717) is 0 Å². The molecule has 0 aromatic rings. The van der Waals surface area contributed by atoms with Crippen molar-refractivity contribution < 1.29 is 15.0 Å². The molecule has 124 valence electrons. The third-order valence-electron chi connectivity index (χ3n) is 2.13. The minimum absolute atomic E-state index is 0.0989. The van der Waals surface area contributed by atoms with Gasteiger partial charge in [-0.1, -0.05) is 5.92 Å². The van der Waals surface area contributed by atoms with Gasteiger partial charge in [0.05, 0.1) is 13.2 Å². The van der Waals surface area contributed by atoms with Gasteiger partial charge in [-0.25, -0.2) is 0 Å². The van der Waals surface area contributed by atoms with E-state index in [1.807, 2.05) is 0 Å². The molecule has 26 heavy (non-hydrogen) atoms. The summed E-state index contributed by atoms with van der Waals surface area (Å²) >= 11 is 0. The molecule has 2 N–H and O–H groups in total. The van der Waals surface area contributed by atoms with Gasteiger partial charge in [0.1, 0.15) is 0 Å². The molecule has 0 aliphatic rings. The summed E-state index contributed by atoms with van der Waals surface area (Å²) in [6, 6.07) is 0. The number of aliphatic hydroxyl groups excluding tert-OH is 2. The van der Waals surface area contributed by atoms with Gasteiger partial charge >= 0.3 is 0 Å². The highest BCUT2D eigenvalue weighted by atomic mass is 16.3. The first-order valence-electron chi connectivity index (χ1n) is 7.19. The maximum Gasteiger partial charge on any atom is 0.299 e. The zero-order valence-corrected chi connectivity index (χ0v) is 14.1. The van der Waals surface area contributed by atoms with Gasteiger partial charge in [-0.3, -0.25) is 4.79 Å². The number of amides is 1. The first kappa shape index (κ1) is 21.9. The zero-order valence-electron chi connectivity index (χ0n) is 14.1. The second-order valence-electron chi connectivity index (χ2n) is 3.86. The summed E-state index contributed by atoms with van der Waals surface area (Å²) in [5.41, 5.74) is 0. The molecule has 0 bridgehead atoms. The van der Waals surface area contributed by atoms with Crippen LogP contribution in [0.15, 0.2) is 0 Å². The predicted molar refractivity (Wildman–Crippen MR) is 98.6 cm³/mol. The topological polar surface area (TPSA) is 60.8 Å². The van der Waals surface area contributed by atoms with Crippen molar-refractivity contribution in [3.05, 3.63) is 0 Å². The lowest BCUT2D eigenvalue weighted by Gasteiger charge is -2.16. The van der Waals surface area contributed by atoms with Crippen molar-refractivity contribution in [2.45, 2.75) is 6.92 Å². The Morgan fingerprint density at radius 3 is 1.35 bits per heavy atom. The van der Waals surface area contributed by atoms with E-state index in [1.54, 1.807) is 6.92 Å². The molecule has 4 nitrogen and oxygen atoms in total. The fraction of sp³-hybridized carbons (Fsp3) is 0.227. The molecule has 0 aliphatic carbocycles. The molecule has 0 saturated heterocycles. The quantitative estimate of drug-likeness (QED) is 0.636. The highest BCUT2D eigenvalue weighted by Gasteiger charge is 2.08. The van der Waals surface area contributed by atoms with Crippen LogP contribution in [0, 0.1) is 94.7 Å². The predicted octanol–water partition coefficient (Wildman–Crippen LogP) is -1.15. The summed E-state index contributed by atoms with van der Waals surface area (Å²) in [5, 5.41) is 17.6. The highest BCUT2D eigenvalue weighted by molar-refractivity contribution is 5.94. The van der Waals surface area contributed by atoms with E-state index >= 15 is 0 Å². The summed E-state index contributed by atoms with van der Waals surface area (Å²) in [7, 11) is 0. The fourth-order valence-corrected chi connectivity index (χ4v) is 1.16. The molecule has 0 saturated carbocycles. The average molecular weight is 339 g/mol. The first-order chi connectivity index (χ1) is 12.8. The second-order valence-corrected chi connectivity index (χ2v) is 3.86. The van der Waals surface area contributed by atoms with Gasteiger partial charge in [0.2, 0.25) is 0 Å². The molecule has 0 radical (unpaired) electrons. The SMILES string of the molecule is CC#CC#CC#CC#CC#CC#CC#CC#CC(=O)N(CCO)CCO. The van der Waals surface area contributed by atoms with Gasteiger partial charge in [0.25, 0.3) is 5.91 Å². The van der Waals surface area contributed by atoms with E-state index in [-0.39, 0.29) is 26.3 Å². The van der Waals surface area contributed by atoms with Crippen LogP contribution in [0.2, 0.25) is 0 Å². The molecular weight excluding hydrogens is 326 g/mol. The van der Waals surface area contributed by atoms with E-state index in [1.165, 1.54) is 4.90 Å². The molecule has 0 heterocycles. The van der Waals surface area contributed by atoms with Crippen LogP contribution in [0.4, 0.5) is 0 Å². The molecule has 0 aliphatic heterocycles. The summed E-state index contributed by atoms with van der Waals surface area (Å²) in [6.45, 7) is 1.46. The van der Waals surface area contributed by atoms with Crippen LogP contribution < -0.4 is 0 Å². The fourth-order valence-electron chi connectivity index (χ4n) is 1.16. The van der Waals surface area contributed by atoms with E-state index in [0.717, 1.165) is 0 Å². The van der Waals surface area contributed by atoms with Crippen molar-refractivity contribution in [1.29, 1.82) is 0 Å². The molecule has 0 rings (SSSR count). The lowest BCUT2D eigenvalue weighted by molar-refractivity contribution is -0.126.